The van der Waals surface area contributed by atoms with E-state index in [0.717, 1.165) is 30.7 Å². The first-order valence-electron chi connectivity index (χ1n) is 12.7. The summed E-state index contributed by atoms with van der Waals surface area (Å²) in [6, 6.07) is 5.98. The van der Waals surface area contributed by atoms with Crippen LogP contribution in [0.4, 0.5) is 4.39 Å². The second kappa shape index (κ2) is 9.30. The van der Waals surface area contributed by atoms with Gasteiger partial charge in [-0.25, -0.2) is 9.11 Å². The van der Waals surface area contributed by atoms with Gasteiger partial charge in [0.15, 0.2) is 0 Å². The second-order valence-corrected chi connectivity index (χ2v) is 12.3. The van der Waals surface area contributed by atoms with E-state index >= 15 is 0 Å². The molecule has 3 fully saturated rings. The SMILES string of the molecule is C=C(NC1C(C)CC2CC1CC(C)(C(=C)N)C2C)C1(NSc2cccc(C)c2F)CCCC1. The molecule has 0 amide bonds. The molecule has 1 aromatic rings. The molecule has 3 saturated carbocycles. The minimum absolute atomic E-state index is 0.00314. The monoisotopic (exact) mass is 471 g/mol. The van der Waals surface area contributed by atoms with E-state index in [2.05, 4.69) is 44.0 Å². The van der Waals surface area contributed by atoms with Gasteiger partial charge < -0.3 is 11.1 Å². The van der Waals surface area contributed by atoms with Crippen LogP contribution in [-0.4, -0.2) is 11.6 Å². The van der Waals surface area contributed by atoms with Crippen molar-refractivity contribution in [3.8, 4) is 0 Å². The Balaban J connectivity index is 1.50. The number of nitrogens with two attached hydrogens (primary N) is 1. The number of hydrogen-bond acceptors (Lipinski definition) is 4. The van der Waals surface area contributed by atoms with E-state index < -0.39 is 0 Å². The number of allylic oxidation sites excluding steroid dienone is 1. The molecule has 3 nitrogen and oxygen atoms in total. The largest absolute Gasteiger partial charge is 0.402 e. The number of hydrogen-bond donors (Lipinski definition) is 3. The van der Waals surface area contributed by atoms with Gasteiger partial charge in [-0.1, -0.05) is 58.9 Å². The number of halogens is 1. The summed E-state index contributed by atoms with van der Waals surface area (Å²) in [7, 11) is 0. The lowest BCUT2D eigenvalue weighted by Crippen LogP contribution is -2.57. The zero-order valence-electron chi connectivity index (χ0n) is 20.8. The maximum atomic E-state index is 14.6. The van der Waals surface area contributed by atoms with Gasteiger partial charge in [-0.05, 0) is 86.3 Å². The second-order valence-electron chi connectivity index (χ2n) is 11.4. The molecule has 6 unspecified atom stereocenters. The fourth-order valence-corrected chi connectivity index (χ4v) is 7.94. The molecular weight excluding hydrogens is 429 g/mol. The summed E-state index contributed by atoms with van der Waals surface area (Å²) >= 11 is 1.42. The summed E-state index contributed by atoms with van der Waals surface area (Å²) in [6.45, 7) is 17.6. The Hall–Kier alpha value is -1.46. The quantitative estimate of drug-likeness (QED) is 0.388. The van der Waals surface area contributed by atoms with Crippen LogP contribution in [0, 0.1) is 41.8 Å². The predicted octanol–water partition coefficient (Wildman–Crippen LogP) is 6.70. The van der Waals surface area contributed by atoms with Crippen molar-refractivity contribution in [1.82, 2.24) is 10.0 Å². The number of fused-ring (bicyclic) bond motifs is 2. The highest BCUT2D eigenvalue weighted by Crippen LogP contribution is 2.55. The summed E-state index contributed by atoms with van der Waals surface area (Å²) in [4.78, 5) is 0.654. The molecule has 182 valence electrons. The topological polar surface area (TPSA) is 50.1 Å². The molecule has 4 N–H and O–H groups in total. The van der Waals surface area contributed by atoms with Crippen LogP contribution in [0.1, 0.15) is 71.3 Å². The van der Waals surface area contributed by atoms with Crippen molar-refractivity contribution in [2.45, 2.75) is 89.1 Å². The Morgan fingerprint density at radius 3 is 2.52 bits per heavy atom. The Kier molecular flexibility index (Phi) is 6.95. The lowest BCUT2D eigenvalue weighted by Gasteiger charge is -2.55. The Labute approximate surface area is 204 Å². The van der Waals surface area contributed by atoms with Crippen molar-refractivity contribution in [2.24, 2.45) is 34.8 Å². The highest BCUT2D eigenvalue weighted by Gasteiger charge is 2.51. The van der Waals surface area contributed by atoms with Gasteiger partial charge in [0, 0.05) is 22.9 Å². The van der Waals surface area contributed by atoms with Crippen LogP contribution in [0.15, 0.2) is 47.6 Å². The van der Waals surface area contributed by atoms with Gasteiger partial charge in [0.1, 0.15) is 5.82 Å². The fraction of sp³-hybridized carbons (Fsp3) is 0.643. The molecule has 0 aliphatic heterocycles. The minimum Gasteiger partial charge on any atom is -0.402 e. The molecule has 0 aromatic heterocycles. The molecule has 3 aliphatic rings. The standard InChI is InChI=1S/C28H42FN3S/c1-17-10-9-11-24(25(17)29)33-32-28(12-7-8-13-28)21(5)31-26-18(2)14-22-15-23(26)16-27(6,19(22)3)20(4)30/h9-11,18-19,22-23,26,31-32H,4-5,7-8,12-16,30H2,1-3,6H3. The first-order valence-corrected chi connectivity index (χ1v) is 13.5. The van der Waals surface area contributed by atoms with Crippen molar-refractivity contribution in [3.05, 3.63) is 54.1 Å². The number of rotatable bonds is 7. The van der Waals surface area contributed by atoms with Crippen LogP contribution in [-0.2, 0) is 0 Å². The van der Waals surface area contributed by atoms with Crippen LogP contribution >= 0.6 is 11.9 Å². The third-order valence-electron chi connectivity index (χ3n) is 9.42. The molecule has 33 heavy (non-hydrogen) atoms. The van der Waals surface area contributed by atoms with Gasteiger partial charge in [0.05, 0.1) is 10.4 Å². The van der Waals surface area contributed by atoms with Gasteiger partial charge >= 0.3 is 0 Å². The molecule has 0 heterocycles. The Morgan fingerprint density at radius 2 is 1.85 bits per heavy atom. The molecule has 1 aromatic carbocycles. The van der Waals surface area contributed by atoms with Crippen molar-refractivity contribution >= 4 is 11.9 Å². The Morgan fingerprint density at radius 1 is 1.15 bits per heavy atom. The predicted molar refractivity (Wildman–Crippen MR) is 138 cm³/mol. The number of aryl methyl sites for hydroxylation is 1. The molecule has 0 spiro atoms. The van der Waals surface area contributed by atoms with E-state index in [1.165, 1.54) is 37.6 Å². The summed E-state index contributed by atoms with van der Waals surface area (Å²) < 4.78 is 18.3. The summed E-state index contributed by atoms with van der Waals surface area (Å²) in [6.07, 6.45) is 7.94. The van der Waals surface area contributed by atoms with E-state index in [0.29, 0.717) is 40.2 Å². The van der Waals surface area contributed by atoms with Crippen LogP contribution in [0.25, 0.3) is 0 Å². The first-order chi connectivity index (χ1) is 15.6. The molecule has 4 rings (SSSR count). The molecule has 6 atom stereocenters. The van der Waals surface area contributed by atoms with Crippen LogP contribution in [0.2, 0.25) is 0 Å². The minimum atomic E-state index is -0.208. The number of benzene rings is 1. The molecule has 0 radical (unpaired) electrons. The van der Waals surface area contributed by atoms with Crippen molar-refractivity contribution in [1.29, 1.82) is 0 Å². The van der Waals surface area contributed by atoms with E-state index in [9.17, 15) is 4.39 Å². The molecular formula is C28H42FN3S. The van der Waals surface area contributed by atoms with Crippen LogP contribution in [0.5, 0.6) is 0 Å². The molecule has 2 bridgehead atoms. The highest BCUT2D eigenvalue weighted by molar-refractivity contribution is 7.97. The van der Waals surface area contributed by atoms with Crippen molar-refractivity contribution in [3.63, 3.8) is 0 Å². The fourth-order valence-electron chi connectivity index (χ4n) is 6.91. The van der Waals surface area contributed by atoms with E-state index in [-0.39, 0.29) is 16.8 Å². The lowest BCUT2D eigenvalue weighted by atomic mass is 9.52. The van der Waals surface area contributed by atoms with Gasteiger partial charge in [-0.15, -0.1) is 0 Å². The summed E-state index contributed by atoms with van der Waals surface area (Å²) in [5.41, 5.74) is 8.72. The van der Waals surface area contributed by atoms with Gasteiger partial charge in [0.2, 0.25) is 0 Å². The number of nitrogens with one attached hydrogen (secondary N) is 2. The third-order valence-corrected chi connectivity index (χ3v) is 10.4. The summed E-state index contributed by atoms with van der Waals surface area (Å²) in [5, 5.41) is 3.93. The first kappa shape index (κ1) is 24.7. The molecule has 5 heteroatoms. The lowest BCUT2D eigenvalue weighted by molar-refractivity contribution is -0.0118. The zero-order chi connectivity index (χ0) is 24.0. The van der Waals surface area contributed by atoms with Gasteiger partial charge in [-0.3, -0.25) is 0 Å². The average Bonchev–Trinajstić information content (AvgIpc) is 3.25. The Bertz CT molecular complexity index is 906. The maximum absolute atomic E-state index is 14.6. The smallest absolute Gasteiger partial charge is 0.140 e. The highest BCUT2D eigenvalue weighted by atomic mass is 32.2. The average molecular weight is 472 g/mol. The van der Waals surface area contributed by atoms with E-state index in [4.69, 9.17) is 5.73 Å². The van der Waals surface area contributed by atoms with Gasteiger partial charge in [-0.2, -0.15) is 0 Å². The molecule has 3 aliphatic carbocycles. The third kappa shape index (κ3) is 4.48. The van der Waals surface area contributed by atoms with Crippen LogP contribution < -0.4 is 15.8 Å². The van der Waals surface area contributed by atoms with E-state index in [1.54, 1.807) is 0 Å². The maximum Gasteiger partial charge on any atom is 0.140 e. The summed E-state index contributed by atoms with van der Waals surface area (Å²) in [5.74, 6) is 2.29. The zero-order valence-corrected chi connectivity index (χ0v) is 21.7. The van der Waals surface area contributed by atoms with Crippen molar-refractivity contribution in [2.75, 3.05) is 0 Å². The van der Waals surface area contributed by atoms with E-state index in [1.807, 2.05) is 25.1 Å². The van der Waals surface area contributed by atoms with Crippen LogP contribution in [0.3, 0.4) is 0 Å². The normalized spacial score (nSPS) is 35.2. The molecule has 0 saturated heterocycles. The van der Waals surface area contributed by atoms with Gasteiger partial charge in [0.25, 0.3) is 0 Å². The van der Waals surface area contributed by atoms with Crippen molar-refractivity contribution < 1.29 is 4.39 Å².